The van der Waals surface area contributed by atoms with E-state index in [-0.39, 0.29) is 5.91 Å². The minimum absolute atomic E-state index is 0.155. The topological polar surface area (TPSA) is 53.8 Å². The molecule has 1 N–H and O–H groups in total. The average molecular weight is 373 g/mol. The van der Waals surface area contributed by atoms with Gasteiger partial charge in [0.15, 0.2) is 5.16 Å². The summed E-state index contributed by atoms with van der Waals surface area (Å²) in [7, 11) is 1.98. The molecule has 1 aliphatic rings. The lowest BCUT2D eigenvalue weighted by Gasteiger charge is -2.31. The van der Waals surface area contributed by atoms with E-state index in [1.807, 2.05) is 16.8 Å². The first kappa shape index (κ1) is 19.3. The second kappa shape index (κ2) is 9.44. The van der Waals surface area contributed by atoms with Crippen molar-refractivity contribution in [1.29, 1.82) is 0 Å². The van der Waals surface area contributed by atoms with Gasteiger partial charge in [0.2, 0.25) is 5.91 Å². The standard InChI is InChI=1S/C16H26ClN5OS/c1-4-6-20(3)14-11-13(17)18-16(19-14)24-12-15(23)22-9-7-21(5-2)8-10-22/h11H,4-10,12H2,1-3H3/p+1. The molecule has 0 bridgehead atoms. The number of carbonyl (C=O) groups excluding carboxylic acids is 1. The first-order chi connectivity index (χ1) is 11.5. The third-order valence-corrected chi connectivity index (χ3v) is 5.28. The van der Waals surface area contributed by atoms with Gasteiger partial charge in [-0.25, -0.2) is 9.97 Å². The fourth-order valence-electron chi connectivity index (χ4n) is 2.74. The van der Waals surface area contributed by atoms with E-state index >= 15 is 0 Å². The number of nitrogens with one attached hydrogen (secondary N) is 1. The number of likely N-dealkylation sites (N-methyl/N-ethyl adjacent to an activating group) is 1. The van der Waals surface area contributed by atoms with Gasteiger partial charge in [-0.1, -0.05) is 30.3 Å². The van der Waals surface area contributed by atoms with E-state index in [2.05, 4.69) is 23.8 Å². The predicted octanol–water partition coefficient (Wildman–Crippen LogP) is 0.815. The van der Waals surface area contributed by atoms with Crippen molar-refractivity contribution < 1.29 is 9.69 Å². The van der Waals surface area contributed by atoms with Crippen molar-refractivity contribution in [2.45, 2.75) is 25.4 Å². The maximum absolute atomic E-state index is 12.4. The number of quaternary nitrogens is 1. The van der Waals surface area contributed by atoms with Crippen molar-refractivity contribution >= 4 is 35.1 Å². The first-order valence-electron chi connectivity index (χ1n) is 8.53. The smallest absolute Gasteiger partial charge is 0.233 e. The van der Waals surface area contributed by atoms with Gasteiger partial charge in [0.05, 0.1) is 38.5 Å². The molecule has 1 aromatic heterocycles. The van der Waals surface area contributed by atoms with Gasteiger partial charge in [0.25, 0.3) is 0 Å². The maximum Gasteiger partial charge on any atom is 0.233 e. The largest absolute Gasteiger partial charge is 0.360 e. The van der Waals surface area contributed by atoms with Crippen LogP contribution in [0, 0.1) is 0 Å². The molecule has 2 heterocycles. The molecule has 0 atom stereocenters. The van der Waals surface area contributed by atoms with Gasteiger partial charge >= 0.3 is 0 Å². The number of carbonyl (C=O) groups is 1. The Morgan fingerprint density at radius 2 is 2.08 bits per heavy atom. The summed E-state index contributed by atoms with van der Waals surface area (Å²) in [6, 6.07) is 1.76. The molecule has 1 aliphatic heterocycles. The number of aromatic nitrogens is 2. The Labute approximate surface area is 153 Å². The second-order valence-electron chi connectivity index (χ2n) is 6.03. The monoisotopic (exact) mass is 372 g/mol. The number of hydrogen-bond acceptors (Lipinski definition) is 5. The van der Waals surface area contributed by atoms with Crippen LogP contribution in [0.4, 0.5) is 5.82 Å². The van der Waals surface area contributed by atoms with Crippen molar-refractivity contribution in [2.24, 2.45) is 0 Å². The summed E-state index contributed by atoms with van der Waals surface area (Å²) in [6.45, 7) is 10.1. The number of piperazine rings is 1. The predicted molar refractivity (Wildman–Crippen MR) is 99.1 cm³/mol. The lowest BCUT2D eigenvalue weighted by atomic mass is 10.3. The summed E-state index contributed by atoms with van der Waals surface area (Å²) in [6.07, 6.45) is 1.03. The molecule has 0 aliphatic carbocycles. The summed E-state index contributed by atoms with van der Waals surface area (Å²) in [5, 5.41) is 0.977. The summed E-state index contributed by atoms with van der Waals surface area (Å²) in [4.78, 5) is 26.7. The molecule has 2 rings (SSSR count). The van der Waals surface area contributed by atoms with Crippen molar-refractivity contribution in [3.8, 4) is 0 Å². The van der Waals surface area contributed by atoms with Crippen LogP contribution in [0.1, 0.15) is 20.3 Å². The van der Waals surface area contributed by atoms with Crippen LogP contribution in [0.2, 0.25) is 5.15 Å². The third kappa shape index (κ3) is 5.50. The molecule has 1 saturated heterocycles. The first-order valence-corrected chi connectivity index (χ1v) is 9.89. The molecule has 24 heavy (non-hydrogen) atoms. The summed E-state index contributed by atoms with van der Waals surface area (Å²) >= 11 is 7.46. The summed E-state index contributed by atoms with van der Waals surface area (Å²) in [5.74, 6) is 1.31. The van der Waals surface area contributed by atoms with Gasteiger partial charge in [0, 0.05) is 19.7 Å². The molecule has 1 fully saturated rings. The van der Waals surface area contributed by atoms with Crippen LogP contribution < -0.4 is 9.80 Å². The lowest BCUT2D eigenvalue weighted by Crippen LogP contribution is -3.14. The van der Waals surface area contributed by atoms with Gasteiger partial charge in [0.1, 0.15) is 11.0 Å². The summed E-state index contributed by atoms with van der Waals surface area (Å²) < 4.78 is 0. The third-order valence-electron chi connectivity index (χ3n) is 4.26. The minimum atomic E-state index is 0.155. The van der Waals surface area contributed by atoms with E-state index in [1.54, 1.807) is 11.0 Å². The van der Waals surface area contributed by atoms with E-state index in [9.17, 15) is 4.79 Å². The zero-order chi connectivity index (χ0) is 17.5. The number of rotatable bonds is 7. The lowest BCUT2D eigenvalue weighted by molar-refractivity contribution is -0.902. The second-order valence-corrected chi connectivity index (χ2v) is 7.36. The molecule has 0 radical (unpaired) electrons. The number of hydrogen-bond donors (Lipinski definition) is 1. The number of halogens is 1. The van der Waals surface area contributed by atoms with E-state index in [0.29, 0.717) is 16.1 Å². The average Bonchev–Trinajstić information content (AvgIpc) is 2.59. The fraction of sp³-hybridized carbons (Fsp3) is 0.688. The van der Waals surface area contributed by atoms with Crippen LogP contribution in [0.5, 0.6) is 0 Å². The molecule has 134 valence electrons. The number of anilines is 1. The molecule has 8 heteroatoms. The SMILES string of the molecule is CCCN(C)c1cc(Cl)nc(SCC(=O)N2CC[NH+](CC)CC2)n1. The van der Waals surface area contributed by atoms with Crippen LogP contribution in [0.3, 0.4) is 0 Å². The normalized spacial score (nSPS) is 15.6. The zero-order valence-electron chi connectivity index (χ0n) is 14.7. The van der Waals surface area contributed by atoms with Gasteiger partial charge in [-0.3, -0.25) is 4.79 Å². The van der Waals surface area contributed by atoms with E-state index in [1.165, 1.54) is 11.8 Å². The van der Waals surface area contributed by atoms with Crippen LogP contribution in [0.15, 0.2) is 11.2 Å². The highest BCUT2D eigenvalue weighted by Gasteiger charge is 2.22. The summed E-state index contributed by atoms with van der Waals surface area (Å²) in [5.41, 5.74) is 0. The van der Waals surface area contributed by atoms with Crippen LogP contribution >= 0.6 is 23.4 Å². The van der Waals surface area contributed by atoms with Gasteiger partial charge in [-0.2, -0.15) is 0 Å². The van der Waals surface area contributed by atoms with Gasteiger partial charge in [-0.15, -0.1) is 0 Å². The van der Waals surface area contributed by atoms with Crippen molar-refractivity contribution in [3.05, 3.63) is 11.2 Å². The van der Waals surface area contributed by atoms with Crippen molar-refractivity contribution in [3.63, 3.8) is 0 Å². The van der Waals surface area contributed by atoms with Crippen LogP contribution in [-0.4, -0.2) is 72.8 Å². The molecule has 0 unspecified atom stereocenters. The van der Waals surface area contributed by atoms with E-state index in [0.717, 1.165) is 51.5 Å². The van der Waals surface area contributed by atoms with E-state index in [4.69, 9.17) is 11.6 Å². The van der Waals surface area contributed by atoms with Gasteiger partial charge in [-0.05, 0) is 13.3 Å². The molecular formula is C16H27ClN5OS+. The highest BCUT2D eigenvalue weighted by atomic mass is 35.5. The Morgan fingerprint density at radius 3 is 2.71 bits per heavy atom. The highest BCUT2D eigenvalue weighted by molar-refractivity contribution is 7.99. The molecule has 6 nitrogen and oxygen atoms in total. The maximum atomic E-state index is 12.4. The Balaban J connectivity index is 1.90. The van der Waals surface area contributed by atoms with Crippen molar-refractivity contribution in [2.75, 3.05) is 57.0 Å². The van der Waals surface area contributed by atoms with Crippen molar-refractivity contribution in [1.82, 2.24) is 14.9 Å². The Bertz CT molecular complexity index is 551. The van der Waals surface area contributed by atoms with Gasteiger partial charge < -0.3 is 14.7 Å². The molecule has 0 spiro atoms. The molecule has 1 aromatic rings. The number of thioether (sulfide) groups is 1. The minimum Gasteiger partial charge on any atom is -0.360 e. The number of nitrogens with zero attached hydrogens (tertiary/aromatic N) is 4. The van der Waals surface area contributed by atoms with Crippen LogP contribution in [-0.2, 0) is 4.79 Å². The highest BCUT2D eigenvalue weighted by Crippen LogP contribution is 2.21. The molecule has 1 amide bonds. The fourth-order valence-corrected chi connectivity index (χ4v) is 3.72. The zero-order valence-corrected chi connectivity index (χ0v) is 16.3. The quantitative estimate of drug-likeness (QED) is 0.436. The Morgan fingerprint density at radius 1 is 1.38 bits per heavy atom. The Kier molecular flexibility index (Phi) is 7.58. The van der Waals surface area contributed by atoms with Crippen LogP contribution in [0.25, 0.3) is 0 Å². The molecular weight excluding hydrogens is 346 g/mol. The van der Waals surface area contributed by atoms with E-state index < -0.39 is 0 Å². The Hall–Kier alpha value is -1.05. The molecule has 0 saturated carbocycles. The molecule has 0 aromatic carbocycles. The number of amides is 1.